The van der Waals surface area contributed by atoms with Gasteiger partial charge in [0.1, 0.15) is 0 Å². The molecule has 0 spiro atoms. The van der Waals surface area contributed by atoms with Crippen LogP contribution in [0, 0.1) is 0 Å². The quantitative estimate of drug-likeness (QED) is 0.844. The van der Waals surface area contributed by atoms with Gasteiger partial charge in [0, 0.05) is 44.9 Å². The summed E-state index contributed by atoms with van der Waals surface area (Å²) in [6.07, 6.45) is 9.42. The first kappa shape index (κ1) is 17.9. The number of aromatic nitrogens is 3. The van der Waals surface area contributed by atoms with Crippen molar-refractivity contribution in [3.63, 3.8) is 0 Å². The summed E-state index contributed by atoms with van der Waals surface area (Å²) in [6.45, 7) is 2.68. The molecular weight excluding hydrogens is 346 g/mol. The van der Waals surface area contributed by atoms with Crippen LogP contribution in [0.25, 0.3) is 5.82 Å². The van der Waals surface area contributed by atoms with Gasteiger partial charge in [-0.25, -0.2) is 14.5 Å². The largest absolute Gasteiger partial charge is 0.376 e. The van der Waals surface area contributed by atoms with Gasteiger partial charge in [-0.2, -0.15) is 5.10 Å². The van der Waals surface area contributed by atoms with Crippen molar-refractivity contribution in [2.45, 2.75) is 37.9 Å². The maximum atomic E-state index is 13.1. The van der Waals surface area contributed by atoms with E-state index in [-0.39, 0.29) is 18.2 Å². The minimum Gasteiger partial charge on any atom is -0.376 e. The third kappa shape index (κ3) is 4.45. The van der Waals surface area contributed by atoms with Crippen molar-refractivity contribution < 1.29 is 14.3 Å². The van der Waals surface area contributed by atoms with E-state index in [0.29, 0.717) is 24.6 Å². The number of urea groups is 1. The highest BCUT2D eigenvalue weighted by molar-refractivity contribution is 5.91. The summed E-state index contributed by atoms with van der Waals surface area (Å²) in [7, 11) is 0. The van der Waals surface area contributed by atoms with Crippen LogP contribution >= 0.6 is 0 Å². The zero-order valence-corrected chi connectivity index (χ0v) is 15.3. The Bertz CT molecular complexity index is 722. The Kier molecular flexibility index (Phi) is 5.64. The van der Waals surface area contributed by atoms with E-state index in [0.717, 1.165) is 38.9 Å². The third-order valence-electron chi connectivity index (χ3n) is 4.93. The van der Waals surface area contributed by atoms with Crippen LogP contribution in [0.15, 0.2) is 36.8 Å². The molecule has 0 aromatic carbocycles. The first-order valence-electron chi connectivity index (χ1n) is 9.54. The Labute approximate surface area is 158 Å². The summed E-state index contributed by atoms with van der Waals surface area (Å²) in [4.78, 5) is 19.2. The van der Waals surface area contributed by atoms with Crippen LogP contribution < -0.4 is 5.32 Å². The predicted molar refractivity (Wildman–Crippen MR) is 99.9 cm³/mol. The number of nitrogens with zero attached hydrogens (tertiary/aromatic N) is 4. The van der Waals surface area contributed by atoms with E-state index < -0.39 is 0 Å². The standard InChI is InChI=1S/C19H25N5O3/c25-19(22-17-7-1-8-20-18(17)24-10-4-9-21-24)23(13-15-5-2-11-26-15)14-16-6-3-12-27-16/h1,4,7-10,15-16H,2-3,5-6,11-14H2,(H,22,25)/t15-,16-/m1/s1. The smallest absolute Gasteiger partial charge is 0.322 e. The number of amides is 2. The summed E-state index contributed by atoms with van der Waals surface area (Å²) in [5.74, 6) is 0.588. The molecule has 4 heterocycles. The monoisotopic (exact) mass is 371 g/mol. The summed E-state index contributed by atoms with van der Waals surface area (Å²) in [5, 5.41) is 7.21. The topological polar surface area (TPSA) is 81.5 Å². The number of hydrogen-bond donors (Lipinski definition) is 1. The lowest BCUT2D eigenvalue weighted by Gasteiger charge is -2.28. The van der Waals surface area contributed by atoms with E-state index in [1.165, 1.54) is 0 Å². The maximum Gasteiger partial charge on any atom is 0.322 e. The molecular formula is C19H25N5O3. The van der Waals surface area contributed by atoms with Crippen molar-refractivity contribution in [3.8, 4) is 5.82 Å². The number of rotatable bonds is 6. The predicted octanol–water partition coefficient (Wildman–Crippen LogP) is 2.46. The lowest BCUT2D eigenvalue weighted by Crippen LogP contribution is -2.44. The van der Waals surface area contributed by atoms with Gasteiger partial charge < -0.3 is 19.7 Å². The molecule has 2 aliphatic heterocycles. The number of pyridine rings is 1. The Morgan fingerprint density at radius 2 is 1.89 bits per heavy atom. The van der Waals surface area contributed by atoms with Crippen LogP contribution in [0.1, 0.15) is 25.7 Å². The van der Waals surface area contributed by atoms with Crippen molar-refractivity contribution in [2.75, 3.05) is 31.6 Å². The average molecular weight is 371 g/mol. The molecule has 2 aromatic heterocycles. The SMILES string of the molecule is O=C(Nc1cccnc1-n1cccn1)N(C[C@H]1CCCO1)C[C@H]1CCCO1. The number of anilines is 1. The molecule has 8 heteroatoms. The van der Waals surface area contributed by atoms with Crippen LogP contribution in [0.2, 0.25) is 0 Å². The molecule has 4 rings (SSSR count). The fourth-order valence-electron chi connectivity index (χ4n) is 3.57. The zero-order chi connectivity index (χ0) is 18.5. The Balaban J connectivity index is 1.49. The van der Waals surface area contributed by atoms with Gasteiger partial charge in [0.05, 0.1) is 17.9 Å². The minimum atomic E-state index is -0.164. The third-order valence-corrected chi connectivity index (χ3v) is 4.93. The van der Waals surface area contributed by atoms with E-state index in [1.54, 1.807) is 29.3 Å². The van der Waals surface area contributed by atoms with E-state index in [1.807, 2.05) is 17.0 Å². The fraction of sp³-hybridized carbons (Fsp3) is 0.526. The normalized spacial score (nSPS) is 22.1. The first-order chi connectivity index (χ1) is 13.3. The molecule has 2 amide bonds. The highest BCUT2D eigenvalue weighted by Crippen LogP contribution is 2.20. The molecule has 1 N–H and O–H groups in total. The van der Waals surface area contributed by atoms with Crippen molar-refractivity contribution in [1.29, 1.82) is 0 Å². The Hall–Kier alpha value is -2.45. The van der Waals surface area contributed by atoms with Gasteiger partial charge in [0.2, 0.25) is 0 Å². The molecule has 2 atom stereocenters. The molecule has 2 fully saturated rings. The number of nitrogens with one attached hydrogen (secondary N) is 1. The van der Waals surface area contributed by atoms with Gasteiger partial charge in [-0.05, 0) is 43.9 Å². The van der Waals surface area contributed by atoms with E-state index in [4.69, 9.17) is 9.47 Å². The van der Waals surface area contributed by atoms with Gasteiger partial charge in [0.15, 0.2) is 5.82 Å². The summed E-state index contributed by atoms with van der Waals surface area (Å²) >= 11 is 0. The molecule has 0 unspecified atom stereocenters. The molecule has 144 valence electrons. The minimum absolute atomic E-state index is 0.0941. The number of ether oxygens (including phenoxy) is 2. The molecule has 2 aliphatic rings. The molecule has 0 aliphatic carbocycles. The lowest BCUT2D eigenvalue weighted by atomic mass is 10.2. The van der Waals surface area contributed by atoms with Crippen molar-refractivity contribution in [1.82, 2.24) is 19.7 Å². The number of carbonyl (C=O) groups excluding carboxylic acids is 1. The van der Waals surface area contributed by atoms with Crippen LogP contribution in [-0.2, 0) is 9.47 Å². The molecule has 0 saturated carbocycles. The maximum absolute atomic E-state index is 13.1. The van der Waals surface area contributed by atoms with E-state index in [2.05, 4.69) is 15.4 Å². The zero-order valence-electron chi connectivity index (χ0n) is 15.3. The lowest BCUT2D eigenvalue weighted by molar-refractivity contribution is 0.0524. The first-order valence-corrected chi connectivity index (χ1v) is 9.54. The van der Waals surface area contributed by atoms with Gasteiger partial charge in [-0.15, -0.1) is 0 Å². The number of carbonyl (C=O) groups is 1. The van der Waals surface area contributed by atoms with Crippen molar-refractivity contribution >= 4 is 11.7 Å². The molecule has 0 bridgehead atoms. The van der Waals surface area contributed by atoms with Crippen molar-refractivity contribution in [3.05, 3.63) is 36.8 Å². The molecule has 2 saturated heterocycles. The average Bonchev–Trinajstić information content (AvgIpc) is 3.45. The second-order valence-corrected chi connectivity index (χ2v) is 6.93. The molecule has 2 aromatic rings. The molecule has 27 heavy (non-hydrogen) atoms. The molecule has 8 nitrogen and oxygen atoms in total. The highest BCUT2D eigenvalue weighted by atomic mass is 16.5. The van der Waals surface area contributed by atoms with Gasteiger partial charge in [-0.1, -0.05) is 0 Å². The summed E-state index contributed by atoms with van der Waals surface area (Å²) in [5.41, 5.74) is 0.621. The van der Waals surface area contributed by atoms with Gasteiger partial charge in [0.25, 0.3) is 0 Å². The van der Waals surface area contributed by atoms with Crippen LogP contribution in [0.3, 0.4) is 0 Å². The van der Waals surface area contributed by atoms with Crippen LogP contribution in [0.4, 0.5) is 10.5 Å². The Morgan fingerprint density at radius 3 is 2.48 bits per heavy atom. The summed E-state index contributed by atoms with van der Waals surface area (Å²) < 4.78 is 13.1. The van der Waals surface area contributed by atoms with E-state index >= 15 is 0 Å². The fourth-order valence-corrected chi connectivity index (χ4v) is 3.57. The second kappa shape index (κ2) is 8.49. The Morgan fingerprint density at radius 1 is 1.15 bits per heavy atom. The molecule has 0 radical (unpaired) electrons. The van der Waals surface area contributed by atoms with E-state index in [9.17, 15) is 4.79 Å². The van der Waals surface area contributed by atoms with Gasteiger partial charge >= 0.3 is 6.03 Å². The van der Waals surface area contributed by atoms with Crippen LogP contribution in [0.5, 0.6) is 0 Å². The van der Waals surface area contributed by atoms with Crippen molar-refractivity contribution in [2.24, 2.45) is 0 Å². The van der Waals surface area contributed by atoms with Crippen LogP contribution in [-0.4, -0.2) is 64.2 Å². The second-order valence-electron chi connectivity index (χ2n) is 6.93. The highest BCUT2D eigenvalue weighted by Gasteiger charge is 2.27. The van der Waals surface area contributed by atoms with Gasteiger partial charge in [-0.3, -0.25) is 0 Å². The number of hydrogen-bond acceptors (Lipinski definition) is 5. The summed E-state index contributed by atoms with van der Waals surface area (Å²) in [6, 6.07) is 5.29.